The topological polar surface area (TPSA) is 96.8 Å². The molecule has 1 N–H and O–H groups in total. The maximum atomic E-state index is 13.4. The second-order valence-corrected chi connectivity index (χ2v) is 9.89. The van der Waals surface area contributed by atoms with E-state index >= 15 is 0 Å². The first-order valence-corrected chi connectivity index (χ1v) is 12.7. The van der Waals surface area contributed by atoms with Crippen LogP contribution in [-0.4, -0.2) is 34.9 Å². The summed E-state index contributed by atoms with van der Waals surface area (Å²) in [5.74, 6) is -2.47. The number of aromatic nitrogens is 1. The molecule has 0 spiro atoms. The number of carbonyl (C=O) groups excluding carboxylic acids is 3. The third-order valence-electron chi connectivity index (χ3n) is 6.27. The smallest absolute Gasteiger partial charge is 0.337 e. The molecule has 4 aromatic rings. The Labute approximate surface area is 221 Å². The molecule has 37 heavy (non-hydrogen) atoms. The van der Waals surface area contributed by atoms with Gasteiger partial charge in [-0.25, -0.2) is 9.78 Å². The number of halogens is 1. The van der Waals surface area contributed by atoms with E-state index < -0.39 is 23.7 Å². The van der Waals surface area contributed by atoms with Gasteiger partial charge in [-0.2, -0.15) is 0 Å². The fourth-order valence-electron chi connectivity index (χ4n) is 4.31. The summed E-state index contributed by atoms with van der Waals surface area (Å²) in [6.07, 6.45) is 0.849. The van der Waals surface area contributed by atoms with Crippen LogP contribution in [0.1, 0.15) is 40.0 Å². The van der Waals surface area contributed by atoms with Crippen LogP contribution in [0, 0.1) is 0 Å². The minimum absolute atomic E-state index is 0.0772. The number of benzene rings is 3. The molecule has 1 fully saturated rings. The van der Waals surface area contributed by atoms with Crippen LogP contribution in [0.2, 0.25) is 5.02 Å². The molecule has 0 unspecified atom stereocenters. The SMILES string of the molecule is CCc1ccc2nc(N3C(=O)C(=O)C(=C(O)c4ccc(Cl)cc4)[C@H]3c3ccc(C(=O)OC)cc3)sc2c1. The van der Waals surface area contributed by atoms with E-state index in [4.69, 9.17) is 16.3 Å². The van der Waals surface area contributed by atoms with E-state index in [0.717, 1.165) is 16.7 Å². The Morgan fingerprint density at radius 2 is 1.73 bits per heavy atom. The number of aliphatic hydroxyl groups excluding tert-OH is 1. The van der Waals surface area contributed by atoms with Crippen molar-refractivity contribution in [3.05, 3.63) is 99.6 Å². The second kappa shape index (κ2) is 9.80. The van der Waals surface area contributed by atoms with Gasteiger partial charge < -0.3 is 9.84 Å². The van der Waals surface area contributed by atoms with Crippen LogP contribution < -0.4 is 4.90 Å². The summed E-state index contributed by atoms with van der Waals surface area (Å²) in [5, 5.41) is 12.0. The van der Waals surface area contributed by atoms with Gasteiger partial charge in [0.05, 0.1) is 34.5 Å². The van der Waals surface area contributed by atoms with Crippen LogP contribution in [0.15, 0.2) is 72.3 Å². The number of esters is 1. The number of hydrogen-bond acceptors (Lipinski definition) is 7. The third-order valence-corrected chi connectivity index (χ3v) is 7.53. The van der Waals surface area contributed by atoms with Crippen LogP contribution in [0.5, 0.6) is 0 Å². The van der Waals surface area contributed by atoms with Crippen molar-refractivity contribution in [1.82, 2.24) is 4.98 Å². The number of methoxy groups -OCH3 is 1. The Kier molecular flexibility index (Phi) is 6.54. The minimum atomic E-state index is -0.964. The summed E-state index contributed by atoms with van der Waals surface area (Å²) in [4.78, 5) is 44.7. The number of carbonyl (C=O) groups is 3. The molecule has 1 saturated heterocycles. The fraction of sp³-hybridized carbons (Fsp3) is 0.143. The number of anilines is 1. The zero-order valence-corrected chi connectivity index (χ0v) is 21.5. The van der Waals surface area contributed by atoms with Crippen molar-refractivity contribution < 1.29 is 24.2 Å². The molecular weight excluding hydrogens is 512 g/mol. The molecule has 0 radical (unpaired) electrons. The summed E-state index contributed by atoms with van der Waals surface area (Å²) in [5.41, 5.74) is 2.94. The highest BCUT2D eigenvalue weighted by Crippen LogP contribution is 2.44. The van der Waals surface area contributed by atoms with Crippen LogP contribution in [0.25, 0.3) is 16.0 Å². The van der Waals surface area contributed by atoms with E-state index in [2.05, 4.69) is 11.9 Å². The second-order valence-electron chi connectivity index (χ2n) is 8.44. The average Bonchev–Trinajstić information content (AvgIpc) is 3.45. The van der Waals surface area contributed by atoms with Crippen molar-refractivity contribution in [3.63, 3.8) is 0 Å². The lowest BCUT2D eigenvalue weighted by molar-refractivity contribution is -0.132. The van der Waals surface area contributed by atoms with Crippen molar-refractivity contribution in [2.75, 3.05) is 12.0 Å². The molecule has 0 saturated carbocycles. The summed E-state index contributed by atoms with van der Waals surface area (Å²) >= 11 is 7.29. The summed E-state index contributed by atoms with van der Waals surface area (Å²) < 4.78 is 5.66. The lowest BCUT2D eigenvalue weighted by Crippen LogP contribution is -2.29. The number of thiazole rings is 1. The first-order chi connectivity index (χ1) is 17.8. The molecule has 3 aromatic carbocycles. The molecule has 7 nitrogen and oxygen atoms in total. The van der Waals surface area contributed by atoms with Gasteiger partial charge in [-0.05, 0) is 66.1 Å². The maximum Gasteiger partial charge on any atom is 0.337 e. The van der Waals surface area contributed by atoms with Gasteiger partial charge in [-0.15, -0.1) is 0 Å². The number of Topliss-reactive ketones (excluding diaryl/α,β-unsaturated/α-hetero) is 1. The highest BCUT2D eigenvalue weighted by atomic mass is 35.5. The molecule has 0 bridgehead atoms. The molecule has 186 valence electrons. The highest BCUT2D eigenvalue weighted by molar-refractivity contribution is 7.22. The summed E-state index contributed by atoms with van der Waals surface area (Å²) in [7, 11) is 1.29. The van der Waals surface area contributed by atoms with Gasteiger partial charge in [0.15, 0.2) is 5.13 Å². The Morgan fingerprint density at radius 3 is 2.38 bits per heavy atom. The number of ketones is 1. The van der Waals surface area contributed by atoms with Crippen molar-refractivity contribution in [3.8, 4) is 0 Å². The zero-order chi connectivity index (χ0) is 26.3. The molecule has 1 aromatic heterocycles. The van der Waals surface area contributed by atoms with Crippen molar-refractivity contribution in [1.29, 1.82) is 0 Å². The van der Waals surface area contributed by atoms with E-state index in [1.807, 2.05) is 18.2 Å². The number of ether oxygens (including phenoxy) is 1. The Bertz CT molecular complexity index is 1570. The van der Waals surface area contributed by atoms with Gasteiger partial charge in [0, 0.05) is 10.6 Å². The van der Waals surface area contributed by atoms with Crippen LogP contribution in [-0.2, 0) is 20.7 Å². The Morgan fingerprint density at radius 1 is 1.05 bits per heavy atom. The standard InChI is InChI=1S/C28H21ClN2O5S/c1-3-15-4-13-20-21(14-15)37-28(30-20)31-23(16-5-7-18(8-6-16)27(35)36-2)22(25(33)26(31)34)24(32)17-9-11-19(29)12-10-17/h4-14,23,32H,3H2,1-2H3/t23-/m1/s1. The Hall–Kier alpha value is -4.01. The first kappa shape index (κ1) is 24.7. The molecule has 1 aliphatic rings. The fourth-order valence-corrected chi connectivity index (χ4v) is 5.49. The molecule has 1 atom stereocenters. The monoisotopic (exact) mass is 532 g/mol. The largest absolute Gasteiger partial charge is 0.507 e. The number of fused-ring (bicyclic) bond motifs is 1. The van der Waals surface area contributed by atoms with Gasteiger partial charge >= 0.3 is 11.9 Å². The van der Waals surface area contributed by atoms with Gasteiger partial charge in [0.2, 0.25) is 0 Å². The summed E-state index contributed by atoms with van der Waals surface area (Å²) in [6, 6.07) is 17.6. The molecule has 5 rings (SSSR count). The number of nitrogens with zero attached hydrogens (tertiary/aromatic N) is 2. The predicted molar refractivity (Wildman–Crippen MR) is 143 cm³/mol. The quantitative estimate of drug-likeness (QED) is 0.148. The summed E-state index contributed by atoms with van der Waals surface area (Å²) in [6.45, 7) is 2.05. The Balaban J connectivity index is 1.70. The van der Waals surface area contributed by atoms with Crippen molar-refractivity contribution >= 4 is 61.7 Å². The first-order valence-electron chi connectivity index (χ1n) is 11.5. The normalized spacial score (nSPS) is 16.9. The lowest BCUT2D eigenvalue weighted by atomic mass is 9.95. The molecule has 2 heterocycles. The average molecular weight is 533 g/mol. The van der Waals surface area contributed by atoms with Crippen LogP contribution in [0.3, 0.4) is 0 Å². The van der Waals surface area contributed by atoms with E-state index in [1.165, 1.54) is 23.3 Å². The van der Waals surface area contributed by atoms with E-state index in [1.54, 1.807) is 48.5 Å². The van der Waals surface area contributed by atoms with E-state index in [0.29, 0.717) is 32.4 Å². The maximum absolute atomic E-state index is 13.4. The molecule has 0 aliphatic carbocycles. The van der Waals surface area contributed by atoms with Gasteiger partial charge in [-0.3, -0.25) is 14.5 Å². The number of hydrogen-bond donors (Lipinski definition) is 1. The third kappa shape index (κ3) is 4.39. The van der Waals surface area contributed by atoms with Gasteiger partial charge in [-0.1, -0.05) is 48.1 Å². The van der Waals surface area contributed by atoms with E-state index in [-0.39, 0.29) is 11.3 Å². The van der Waals surface area contributed by atoms with E-state index in [9.17, 15) is 19.5 Å². The zero-order valence-electron chi connectivity index (χ0n) is 19.9. The number of rotatable bonds is 5. The van der Waals surface area contributed by atoms with Crippen molar-refractivity contribution in [2.45, 2.75) is 19.4 Å². The number of aliphatic hydroxyl groups is 1. The van der Waals surface area contributed by atoms with Crippen LogP contribution in [0.4, 0.5) is 5.13 Å². The molecule has 1 aliphatic heterocycles. The molecule has 9 heteroatoms. The van der Waals surface area contributed by atoms with Crippen LogP contribution >= 0.6 is 22.9 Å². The lowest BCUT2D eigenvalue weighted by Gasteiger charge is -2.23. The van der Waals surface area contributed by atoms with Crippen molar-refractivity contribution in [2.24, 2.45) is 0 Å². The highest BCUT2D eigenvalue weighted by Gasteiger charge is 2.48. The number of aryl methyl sites for hydroxylation is 1. The van der Waals surface area contributed by atoms with Gasteiger partial charge in [0.1, 0.15) is 5.76 Å². The van der Waals surface area contributed by atoms with Gasteiger partial charge in [0.25, 0.3) is 5.78 Å². The predicted octanol–water partition coefficient (Wildman–Crippen LogP) is 5.93. The molecule has 1 amide bonds. The molecular formula is C28H21ClN2O5S. The minimum Gasteiger partial charge on any atom is -0.507 e. The number of amides is 1.